The molecule has 80 valence electrons. The Morgan fingerprint density at radius 1 is 1.71 bits per heavy atom. The Bertz CT molecular complexity index is 274. The number of methoxy groups -OCH3 is 1. The second-order valence-electron chi connectivity index (χ2n) is 3.25. The number of aliphatic hydroxyl groups excluding tert-OH is 1. The fraction of sp³-hybridized carbons (Fsp3) is 0.750. The third kappa shape index (κ3) is 2.76. The zero-order chi connectivity index (χ0) is 10.6. The number of hydrogen-bond donors (Lipinski definition) is 2. The molecule has 1 heterocycles. The second kappa shape index (κ2) is 5.04. The molecule has 0 fully saturated rings. The Morgan fingerprint density at radius 2 is 2.43 bits per heavy atom. The van der Waals surface area contributed by atoms with E-state index in [-0.39, 0.29) is 6.04 Å². The van der Waals surface area contributed by atoms with Crippen LogP contribution in [0.1, 0.15) is 18.7 Å². The molecule has 0 saturated heterocycles. The molecule has 0 amide bonds. The number of aromatic nitrogens is 3. The van der Waals surface area contributed by atoms with E-state index in [4.69, 9.17) is 10.5 Å². The lowest BCUT2D eigenvalue weighted by Crippen LogP contribution is -2.23. The van der Waals surface area contributed by atoms with Gasteiger partial charge in [-0.1, -0.05) is 5.21 Å². The summed E-state index contributed by atoms with van der Waals surface area (Å²) in [5.74, 6) is 0. The summed E-state index contributed by atoms with van der Waals surface area (Å²) in [6.45, 7) is 2.49. The average Bonchev–Trinajstić information content (AvgIpc) is 2.51. The minimum Gasteiger partial charge on any atom is -0.391 e. The maximum Gasteiger partial charge on any atom is 0.0779 e. The maximum absolute atomic E-state index is 9.20. The highest BCUT2D eigenvalue weighted by Crippen LogP contribution is 2.08. The zero-order valence-electron chi connectivity index (χ0n) is 8.42. The first-order chi connectivity index (χ1) is 6.65. The van der Waals surface area contributed by atoms with Crippen molar-refractivity contribution in [2.75, 3.05) is 13.7 Å². The van der Waals surface area contributed by atoms with Gasteiger partial charge in [0, 0.05) is 7.11 Å². The fourth-order valence-electron chi connectivity index (χ4n) is 1.21. The summed E-state index contributed by atoms with van der Waals surface area (Å²) in [5, 5.41) is 16.8. The van der Waals surface area contributed by atoms with E-state index in [1.165, 1.54) is 0 Å². The molecule has 6 heteroatoms. The van der Waals surface area contributed by atoms with Gasteiger partial charge in [0.25, 0.3) is 0 Å². The van der Waals surface area contributed by atoms with Crippen molar-refractivity contribution in [1.82, 2.24) is 15.0 Å². The van der Waals surface area contributed by atoms with Gasteiger partial charge >= 0.3 is 0 Å². The summed E-state index contributed by atoms with van der Waals surface area (Å²) in [5.41, 5.74) is 6.59. The van der Waals surface area contributed by atoms with E-state index in [1.807, 2.05) is 0 Å². The van der Waals surface area contributed by atoms with E-state index in [2.05, 4.69) is 10.3 Å². The molecule has 0 aliphatic rings. The molecule has 0 aliphatic heterocycles. The number of nitrogens with zero attached hydrogens (tertiary/aromatic N) is 3. The van der Waals surface area contributed by atoms with Crippen molar-refractivity contribution in [1.29, 1.82) is 0 Å². The first-order valence-electron chi connectivity index (χ1n) is 4.46. The Labute approximate surface area is 82.7 Å². The van der Waals surface area contributed by atoms with Crippen LogP contribution in [0, 0.1) is 0 Å². The highest BCUT2D eigenvalue weighted by molar-refractivity contribution is 5.01. The highest BCUT2D eigenvalue weighted by Gasteiger charge is 2.13. The Kier molecular flexibility index (Phi) is 3.99. The largest absolute Gasteiger partial charge is 0.391 e. The van der Waals surface area contributed by atoms with Crippen LogP contribution in [0.15, 0.2) is 6.20 Å². The molecular weight excluding hydrogens is 184 g/mol. The average molecular weight is 200 g/mol. The number of ether oxygens (including phenoxy) is 1. The van der Waals surface area contributed by atoms with Crippen LogP contribution >= 0.6 is 0 Å². The zero-order valence-corrected chi connectivity index (χ0v) is 8.42. The van der Waals surface area contributed by atoms with Crippen molar-refractivity contribution >= 4 is 0 Å². The van der Waals surface area contributed by atoms with Crippen molar-refractivity contribution < 1.29 is 9.84 Å². The van der Waals surface area contributed by atoms with Gasteiger partial charge in [-0.15, -0.1) is 5.10 Å². The molecule has 0 aromatic carbocycles. The number of aliphatic hydroxyl groups is 1. The highest BCUT2D eigenvalue weighted by atomic mass is 16.5. The van der Waals surface area contributed by atoms with Crippen LogP contribution in [0.5, 0.6) is 0 Å². The van der Waals surface area contributed by atoms with Gasteiger partial charge in [0.05, 0.1) is 37.2 Å². The van der Waals surface area contributed by atoms with Gasteiger partial charge < -0.3 is 15.6 Å². The van der Waals surface area contributed by atoms with Crippen LogP contribution in [0.4, 0.5) is 0 Å². The van der Waals surface area contributed by atoms with E-state index in [1.54, 1.807) is 24.9 Å². The smallest absolute Gasteiger partial charge is 0.0779 e. The molecule has 1 aromatic rings. The van der Waals surface area contributed by atoms with Crippen LogP contribution in [0.25, 0.3) is 0 Å². The molecule has 2 atom stereocenters. The molecule has 6 nitrogen and oxygen atoms in total. The minimum absolute atomic E-state index is 0.256. The van der Waals surface area contributed by atoms with E-state index in [0.29, 0.717) is 13.2 Å². The number of nitrogens with two attached hydrogens (primary N) is 1. The molecule has 3 N–H and O–H groups in total. The second-order valence-corrected chi connectivity index (χ2v) is 3.25. The lowest BCUT2D eigenvalue weighted by Gasteiger charge is -2.13. The fourth-order valence-corrected chi connectivity index (χ4v) is 1.21. The summed E-state index contributed by atoms with van der Waals surface area (Å²) in [7, 11) is 1.59. The van der Waals surface area contributed by atoms with Crippen LogP contribution in [0.2, 0.25) is 0 Å². The summed E-state index contributed by atoms with van der Waals surface area (Å²) in [6.07, 6.45) is 1.12. The molecular formula is C8H16N4O2. The van der Waals surface area contributed by atoms with Gasteiger partial charge in [-0.3, -0.25) is 0 Å². The van der Waals surface area contributed by atoms with E-state index in [9.17, 15) is 5.11 Å². The van der Waals surface area contributed by atoms with Gasteiger partial charge in [-0.2, -0.15) is 0 Å². The van der Waals surface area contributed by atoms with Crippen LogP contribution in [0.3, 0.4) is 0 Å². The van der Waals surface area contributed by atoms with Gasteiger partial charge in [-0.05, 0) is 6.92 Å². The summed E-state index contributed by atoms with van der Waals surface area (Å²) in [6, 6.07) is -0.256. The summed E-state index contributed by atoms with van der Waals surface area (Å²) in [4.78, 5) is 0. The van der Waals surface area contributed by atoms with Crippen molar-refractivity contribution in [3.8, 4) is 0 Å². The van der Waals surface area contributed by atoms with E-state index < -0.39 is 6.10 Å². The van der Waals surface area contributed by atoms with Crippen LogP contribution in [-0.2, 0) is 11.3 Å². The Hall–Kier alpha value is -0.980. The van der Waals surface area contributed by atoms with E-state index >= 15 is 0 Å². The quantitative estimate of drug-likeness (QED) is 0.656. The monoisotopic (exact) mass is 200 g/mol. The number of hydrogen-bond acceptors (Lipinski definition) is 5. The molecule has 0 bridgehead atoms. The van der Waals surface area contributed by atoms with Gasteiger partial charge in [-0.25, -0.2) is 4.68 Å². The molecule has 0 aliphatic carbocycles. The standard InChI is InChI=1S/C8H16N4O2/c1-6(13)4-12-8(3-10-11-12)7(9)5-14-2/h3,6-7,13H,4-5,9H2,1-2H3. The topological polar surface area (TPSA) is 86.2 Å². The first kappa shape index (κ1) is 11.1. The first-order valence-corrected chi connectivity index (χ1v) is 4.46. The van der Waals surface area contributed by atoms with Crippen molar-refractivity contribution in [2.45, 2.75) is 25.6 Å². The Morgan fingerprint density at radius 3 is 3.00 bits per heavy atom. The van der Waals surface area contributed by atoms with Crippen molar-refractivity contribution in [2.24, 2.45) is 5.73 Å². The normalized spacial score (nSPS) is 15.4. The molecule has 0 spiro atoms. The summed E-state index contributed by atoms with van der Waals surface area (Å²) < 4.78 is 6.52. The molecule has 14 heavy (non-hydrogen) atoms. The molecule has 1 rings (SSSR count). The third-order valence-corrected chi connectivity index (χ3v) is 1.81. The third-order valence-electron chi connectivity index (χ3n) is 1.81. The van der Waals surface area contributed by atoms with Gasteiger partial charge in [0.1, 0.15) is 0 Å². The lowest BCUT2D eigenvalue weighted by molar-refractivity contribution is 0.157. The number of rotatable bonds is 5. The van der Waals surface area contributed by atoms with Gasteiger partial charge in [0.15, 0.2) is 0 Å². The predicted octanol–water partition coefficient (Wildman–Crippen LogP) is -0.695. The van der Waals surface area contributed by atoms with Crippen LogP contribution < -0.4 is 5.73 Å². The molecule has 0 saturated carbocycles. The van der Waals surface area contributed by atoms with Crippen LogP contribution in [-0.4, -0.2) is 39.9 Å². The Balaban J connectivity index is 2.70. The SMILES string of the molecule is COCC(N)c1cnnn1CC(C)O. The minimum atomic E-state index is -0.467. The lowest BCUT2D eigenvalue weighted by atomic mass is 10.2. The van der Waals surface area contributed by atoms with Crippen molar-refractivity contribution in [3.63, 3.8) is 0 Å². The molecule has 2 unspecified atom stereocenters. The van der Waals surface area contributed by atoms with Crippen molar-refractivity contribution in [3.05, 3.63) is 11.9 Å². The molecule has 1 aromatic heterocycles. The maximum atomic E-state index is 9.20. The molecule has 0 radical (unpaired) electrons. The summed E-state index contributed by atoms with van der Waals surface area (Å²) >= 11 is 0. The van der Waals surface area contributed by atoms with Gasteiger partial charge in [0.2, 0.25) is 0 Å². The predicted molar refractivity (Wildman–Crippen MR) is 50.5 cm³/mol. The van der Waals surface area contributed by atoms with E-state index in [0.717, 1.165) is 5.69 Å².